The summed E-state index contributed by atoms with van der Waals surface area (Å²) in [7, 11) is 2.12. The van der Waals surface area contributed by atoms with E-state index in [9.17, 15) is 13.2 Å². The molecular weight excluding hydrogens is 409 g/mol. The molecule has 10 heteroatoms. The highest BCUT2D eigenvalue weighted by Crippen LogP contribution is 2.23. The summed E-state index contributed by atoms with van der Waals surface area (Å²) in [6.07, 6.45) is -2.84. The maximum absolute atomic E-state index is 12.3. The fourth-order valence-electron chi connectivity index (χ4n) is 3.86. The zero-order valence-electron chi connectivity index (χ0n) is 17.6. The maximum Gasteiger partial charge on any atom is 0.573 e. The molecule has 0 bridgehead atoms. The molecule has 0 radical (unpaired) electrons. The Hall–Kier alpha value is -2.59. The second-order valence-corrected chi connectivity index (χ2v) is 7.96. The van der Waals surface area contributed by atoms with E-state index in [4.69, 9.17) is 4.98 Å². The summed E-state index contributed by atoms with van der Waals surface area (Å²) >= 11 is 0. The van der Waals surface area contributed by atoms with Gasteiger partial charge in [0.15, 0.2) is 0 Å². The first kappa shape index (κ1) is 21.6. The van der Waals surface area contributed by atoms with Gasteiger partial charge < -0.3 is 19.4 Å². The number of hydrogen-bond donors (Lipinski definition) is 0. The van der Waals surface area contributed by atoms with Crippen LogP contribution in [0.3, 0.4) is 0 Å². The van der Waals surface area contributed by atoms with Crippen LogP contribution < -0.4 is 14.5 Å². The van der Waals surface area contributed by atoms with Gasteiger partial charge in [0, 0.05) is 65.1 Å². The molecule has 0 aliphatic carbocycles. The smallest absolute Gasteiger partial charge is 0.406 e. The van der Waals surface area contributed by atoms with Crippen molar-refractivity contribution >= 4 is 11.8 Å². The standard InChI is InChI=1S/C21H27F3N6O/c1-27-8-12-30(13-9-27)20-25-7-6-19(26-20)29-14-10-28(11-15-29)16-17-2-4-18(5-3-17)31-21(22,23)24/h2-7H,8-16H2,1H3. The Bertz CT molecular complexity index is 847. The van der Waals surface area contributed by atoms with Crippen molar-refractivity contribution < 1.29 is 17.9 Å². The van der Waals surface area contributed by atoms with Gasteiger partial charge >= 0.3 is 6.36 Å². The maximum atomic E-state index is 12.3. The van der Waals surface area contributed by atoms with Crippen LogP contribution in [0.2, 0.25) is 0 Å². The minimum Gasteiger partial charge on any atom is -0.406 e. The van der Waals surface area contributed by atoms with Crippen LogP contribution in [-0.2, 0) is 6.54 Å². The molecule has 2 saturated heterocycles. The molecule has 2 aromatic rings. The molecule has 3 heterocycles. The number of anilines is 2. The predicted octanol–water partition coefficient (Wildman–Crippen LogP) is 2.45. The van der Waals surface area contributed by atoms with Crippen molar-refractivity contribution in [2.45, 2.75) is 12.9 Å². The average molecular weight is 436 g/mol. The minimum atomic E-state index is -4.66. The number of halogens is 3. The molecule has 2 aliphatic rings. The molecule has 168 valence electrons. The summed E-state index contributed by atoms with van der Waals surface area (Å²) in [4.78, 5) is 18.3. The zero-order chi connectivity index (χ0) is 21.8. The topological polar surface area (TPSA) is 48.0 Å². The highest BCUT2D eigenvalue weighted by Gasteiger charge is 2.31. The number of alkyl halides is 3. The lowest BCUT2D eigenvalue weighted by Crippen LogP contribution is -2.47. The van der Waals surface area contributed by atoms with Gasteiger partial charge in [-0.3, -0.25) is 4.90 Å². The van der Waals surface area contributed by atoms with Crippen LogP contribution in [0.4, 0.5) is 24.9 Å². The zero-order valence-corrected chi connectivity index (χ0v) is 17.6. The number of nitrogens with zero attached hydrogens (tertiary/aromatic N) is 6. The lowest BCUT2D eigenvalue weighted by molar-refractivity contribution is -0.274. The largest absolute Gasteiger partial charge is 0.573 e. The number of likely N-dealkylation sites (N-methyl/N-ethyl adjacent to an activating group) is 1. The van der Waals surface area contributed by atoms with Crippen molar-refractivity contribution in [2.24, 2.45) is 0 Å². The molecular formula is C21H27F3N6O. The van der Waals surface area contributed by atoms with E-state index in [1.165, 1.54) is 12.1 Å². The van der Waals surface area contributed by atoms with E-state index >= 15 is 0 Å². The van der Waals surface area contributed by atoms with Crippen molar-refractivity contribution in [3.63, 3.8) is 0 Å². The molecule has 0 unspecified atom stereocenters. The number of hydrogen-bond acceptors (Lipinski definition) is 7. The summed E-state index contributed by atoms with van der Waals surface area (Å²) in [5.41, 5.74) is 0.961. The molecule has 4 rings (SSSR count). The third kappa shape index (κ3) is 5.98. The van der Waals surface area contributed by atoms with Gasteiger partial charge in [-0.05, 0) is 30.8 Å². The van der Waals surface area contributed by atoms with Crippen LogP contribution in [0.5, 0.6) is 5.75 Å². The summed E-state index contributed by atoms with van der Waals surface area (Å²) in [6.45, 7) is 7.97. The van der Waals surface area contributed by atoms with E-state index in [0.717, 1.165) is 69.7 Å². The predicted molar refractivity (Wildman–Crippen MR) is 112 cm³/mol. The lowest BCUT2D eigenvalue weighted by Gasteiger charge is -2.36. The molecule has 0 atom stereocenters. The number of piperazine rings is 2. The Kier molecular flexibility index (Phi) is 6.47. The summed E-state index contributed by atoms with van der Waals surface area (Å²) in [6, 6.07) is 8.04. The van der Waals surface area contributed by atoms with Gasteiger partial charge in [0.25, 0.3) is 0 Å². The number of aromatic nitrogens is 2. The van der Waals surface area contributed by atoms with Crippen LogP contribution in [0.25, 0.3) is 0 Å². The highest BCUT2D eigenvalue weighted by molar-refractivity contribution is 5.44. The van der Waals surface area contributed by atoms with Gasteiger partial charge in [0.2, 0.25) is 5.95 Å². The van der Waals surface area contributed by atoms with E-state index in [1.54, 1.807) is 12.1 Å². The molecule has 31 heavy (non-hydrogen) atoms. The molecule has 1 aromatic heterocycles. The molecule has 0 amide bonds. The highest BCUT2D eigenvalue weighted by atomic mass is 19.4. The van der Waals surface area contributed by atoms with Crippen molar-refractivity contribution in [2.75, 3.05) is 69.2 Å². The van der Waals surface area contributed by atoms with E-state index in [2.05, 4.69) is 36.4 Å². The fraction of sp³-hybridized carbons (Fsp3) is 0.524. The van der Waals surface area contributed by atoms with Crippen LogP contribution in [0, 0.1) is 0 Å². The first-order chi connectivity index (χ1) is 14.9. The Balaban J connectivity index is 1.29. The van der Waals surface area contributed by atoms with Crippen LogP contribution in [0.15, 0.2) is 36.5 Å². The molecule has 7 nitrogen and oxygen atoms in total. The van der Waals surface area contributed by atoms with Crippen molar-refractivity contribution in [3.8, 4) is 5.75 Å². The first-order valence-corrected chi connectivity index (χ1v) is 10.4. The monoisotopic (exact) mass is 436 g/mol. The van der Waals surface area contributed by atoms with Crippen molar-refractivity contribution in [1.82, 2.24) is 19.8 Å². The van der Waals surface area contributed by atoms with Crippen LogP contribution >= 0.6 is 0 Å². The molecule has 2 aliphatic heterocycles. The second-order valence-electron chi connectivity index (χ2n) is 7.96. The summed E-state index contributed by atoms with van der Waals surface area (Å²) < 4.78 is 40.8. The van der Waals surface area contributed by atoms with Gasteiger partial charge in [-0.2, -0.15) is 4.98 Å². The average Bonchev–Trinajstić information content (AvgIpc) is 2.75. The van der Waals surface area contributed by atoms with E-state index in [1.807, 2.05) is 12.3 Å². The van der Waals surface area contributed by atoms with Crippen LogP contribution in [-0.4, -0.2) is 85.5 Å². The first-order valence-electron chi connectivity index (χ1n) is 10.4. The van der Waals surface area contributed by atoms with Gasteiger partial charge in [0.05, 0.1) is 0 Å². The normalized spacial score (nSPS) is 19.0. The Morgan fingerprint density at radius 3 is 2.16 bits per heavy atom. The summed E-state index contributed by atoms with van der Waals surface area (Å²) in [5.74, 6) is 1.53. The van der Waals surface area contributed by atoms with E-state index in [0.29, 0.717) is 6.54 Å². The van der Waals surface area contributed by atoms with Gasteiger partial charge in [0.1, 0.15) is 11.6 Å². The second kappa shape index (κ2) is 9.27. The van der Waals surface area contributed by atoms with Gasteiger partial charge in [-0.25, -0.2) is 4.98 Å². The minimum absolute atomic E-state index is 0.194. The van der Waals surface area contributed by atoms with E-state index in [-0.39, 0.29) is 5.75 Å². The third-order valence-electron chi connectivity index (χ3n) is 5.67. The fourth-order valence-corrected chi connectivity index (χ4v) is 3.86. The van der Waals surface area contributed by atoms with Crippen molar-refractivity contribution in [1.29, 1.82) is 0 Å². The SMILES string of the molecule is CN1CCN(c2nccc(N3CCN(Cc4ccc(OC(F)(F)F)cc4)CC3)n2)CC1. The Morgan fingerprint density at radius 2 is 1.52 bits per heavy atom. The molecule has 0 spiro atoms. The van der Waals surface area contributed by atoms with E-state index < -0.39 is 6.36 Å². The number of ether oxygens (including phenoxy) is 1. The molecule has 2 fully saturated rings. The van der Waals surface area contributed by atoms with Gasteiger partial charge in [-0.1, -0.05) is 12.1 Å². The molecule has 0 saturated carbocycles. The Labute approximate surface area is 180 Å². The third-order valence-corrected chi connectivity index (χ3v) is 5.67. The molecule has 1 aromatic carbocycles. The number of benzene rings is 1. The molecule has 0 N–H and O–H groups in total. The van der Waals surface area contributed by atoms with Crippen molar-refractivity contribution in [3.05, 3.63) is 42.1 Å². The summed E-state index contributed by atoms with van der Waals surface area (Å²) in [5, 5.41) is 0. The van der Waals surface area contributed by atoms with Crippen LogP contribution in [0.1, 0.15) is 5.56 Å². The quantitative estimate of drug-likeness (QED) is 0.714. The Morgan fingerprint density at radius 1 is 0.871 bits per heavy atom. The number of rotatable bonds is 5. The lowest BCUT2D eigenvalue weighted by atomic mass is 10.2. The van der Waals surface area contributed by atoms with Gasteiger partial charge in [-0.15, -0.1) is 13.2 Å².